The van der Waals surface area contributed by atoms with Crippen molar-refractivity contribution in [3.8, 4) is 0 Å². The maximum Gasteiger partial charge on any atom is 0.357 e. The van der Waals surface area contributed by atoms with Crippen LogP contribution in [0.25, 0.3) is 0 Å². The molecule has 1 unspecified atom stereocenters. The molecule has 0 spiro atoms. The highest BCUT2D eigenvalue weighted by molar-refractivity contribution is 7.97. The zero-order valence-corrected chi connectivity index (χ0v) is 17.0. The van der Waals surface area contributed by atoms with Crippen molar-refractivity contribution in [1.29, 1.82) is 0 Å². The van der Waals surface area contributed by atoms with Gasteiger partial charge in [0.05, 0.1) is 17.5 Å². The molecule has 0 heterocycles. The van der Waals surface area contributed by atoms with Crippen LogP contribution < -0.4 is 0 Å². The number of carbonyl (C=O) groups is 1. The second-order valence-corrected chi connectivity index (χ2v) is 8.67. The van der Waals surface area contributed by atoms with E-state index in [1.54, 1.807) is 0 Å². The molecule has 0 N–H and O–H groups in total. The van der Waals surface area contributed by atoms with Crippen molar-refractivity contribution in [2.45, 2.75) is 57.8 Å². The fourth-order valence-corrected chi connectivity index (χ4v) is 5.68. The van der Waals surface area contributed by atoms with Gasteiger partial charge >= 0.3 is 5.97 Å². The molecule has 0 saturated heterocycles. The zero-order valence-electron chi connectivity index (χ0n) is 16.2. The molecular formula is C22H29O2S+. The van der Waals surface area contributed by atoms with Crippen LogP contribution in [0.4, 0.5) is 0 Å². The molecule has 2 nitrogen and oxygen atoms in total. The molecule has 0 aliphatic carbocycles. The number of hydrogen-bond acceptors (Lipinski definition) is 2. The molecule has 2 aromatic carbocycles. The Kier molecular flexibility index (Phi) is 6.71. The fraction of sp³-hybridized carbons (Fsp3) is 0.409. The number of esters is 1. The SMILES string of the molecule is CCCOC(=O)C[S+](c1ccc(C)cc1C)c1c(C)cc(C)cc1C. The molecule has 2 aromatic rings. The first-order valence-corrected chi connectivity index (χ1v) is 10.2. The van der Waals surface area contributed by atoms with Gasteiger partial charge in [-0.1, -0.05) is 42.3 Å². The van der Waals surface area contributed by atoms with Gasteiger partial charge in [-0.15, -0.1) is 0 Å². The average Bonchev–Trinajstić information content (AvgIpc) is 2.51. The first-order chi connectivity index (χ1) is 11.8. The summed E-state index contributed by atoms with van der Waals surface area (Å²) in [5.41, 5.74) is 6.26. The van der Waals surface area contributed by atoms with Crippen LogP contribution in [0.1, 0.15) is 41.2 Å². The lowest BCUT2D eigenvalue weighted by Gasteiger charge is -2.15. The summed E-state index contributed by atoms with van der Waals surface area (Å²) in [6.45, 7) is 13.2. The number of carbonyl (C=O) groups excluding carboxylic acids is 1. The Hall–Kier alpha value is -1.74. The van der Waals surface area contributed by atoms with Gasteiger partial charge in [-0.25, -0.2) is 4.79 Å². The summed E-state index contributed by atoms with van der Waals surface area (Å²) in [6, 6.07) is 10.9. The highest BCUT2D eigenvalue weighted by Gasteiger charge is 2.34. The van der Waals surface area contributed by atoms with Crippen LogP contribution in [0.5, 0.6) is 0 Å². The van der Waals surface area contributed by atoms with Crippen molar-refractivity contribution in [3.63, 3.8) is 0 Å². The van der Waals surface area contributed by atoms with Crippen molar-refractivity contribution in [2.24, 2.45) is 0 Å². The Morgan fingerprint density at radius 3 is 2.08 bits per heavy atom. The molecule has 0 amide bonds. The summed E-state index contributed by atoms with van der Waals surface area (Å²) in [5.74, 6) is 0.304. The minimum Gasteiger partial charge on any atom is -0.462 e. The predicted molar refractivity (Wildman–Crippen MR) is 107 cm³/mol. The van der Waals surface area contributed by atoms with Crippen LogP contribution in [0, 0.1) is 34.6 Å². The minimum absolute atomic E-state index is 0.107. The largest absolute Gasteiger partial charge is 0.462 e. The van der Waals surface area contributed by atoms with Crippen molar-refractivity contribution >= 4 is 16.9 Å². The summed E-state index contributed by atoms with van der Waals surface area (Å²) >= 11 is 0. The molecule has 134 valence electrons. The minimum atomic E-state index is -0.311. The molecule has 0 saturated carbocycles. The van der Waals surface area contributed by atoms with E-state index in [1.807, 2.05) is 6.92 Å². The van der Waals surface area contributed by atoms with E-state index < -0.39 is 0 Å². The van der Waals surface area contributed by atoms with Gasteiger partial charge in [0.15, 0.2) is 9.79 Å². The van der Waals surface area contributed by atoms with E-state index in [1.165, 1.54) is 37.6 Å². The topological polar surface area (TPSA) is 26.3 Å². The van der Waals surface area contributed by atoms with Crippen LogP contribution in [-0.2, 0) is 20.4 Å². The standard InChI is InChI=1S/C22H29O2S/c1-7-10-24-21(23)14-25(20-9-8-15(2)11-17(20)4)22-18(5)12-16(3)13-19(22)6/h8-9,11-13H,7,10,14H2,1-6H3/q+1. The molecule has 3 heteroatoms. The van der Waals surface area contributed by atoms with E-state index in [0.29, 0.717) is 12.4 Å². The van der Waals surface area contributed by atoms with Gasteiger partial charge in [0.2, 0.25) is 5.75 Å². The van der Waals surface area contributed by atoms with Gasteiger partial charge < -0.3 is 4.74 Å². The Morgan fingerprint density at radius 1 is 0.920 bits per heavy atom. The van der Waals surface area contributed by atoms with E-state index >= 15 is 0 Å². The highest BCUT2D eigenvalue weighted by atomic mass is 32.2. The van der Waals surface area contributed by atoms with E-state index in [4.69, 9.17) is 4.74 Å². The van der Waals surface area contributed by atoms with Crippen LogP contribution in [0.15, 0.2) is 40.1 Å². The van der Waals surface area contributed by atoms with Gasteiger partial charge in [0.25, 0.3) is 0 Å². The number of aryl methyl sites for hydroxylation is 5. The molecular weight excluding hydrogens is 328 g/mol. The molecule has 0 bridgehead atoms. The van der Waals surface area contributed by atoms with E-state index in [0.717, 1.165) is 6.42 Å². The molecule has 1 atom stereocenters. The predicted octanol–water partition coefficient (Wildman–Crippen LogP) is 5.22. The van der Waals surface area contributed by atoms with E-state index in [2.05, 4.69) is 65.0 Å². The van der Waals surface area contributed by atoms with Crippen LogP contribution in [-0.4, -0.2) is 18.3 Å². The van der Waals surface area contributed by atoms with Crippen molar-refractivity contribution < 1.29 is 9.53 Å². The maximum absolute atomic E-state index is 12.4. The smallest absolute Gasteiger partial charge is 0.357 e. The van der Waals surface area contributed by atoms with Crippen LogP contribution >= 0.6 is 0 Å². The summed E-state index contributed by atoms with van der Waals surface area (Å²) in [5, 5.41) is 0. The number of benzene rings is 2. The third-order valence-corrected chi connectivity index (χ3v) is 6.83. The van der Waals surface area contributed by atoms with Gasteiger partial charge in [-0.3, -0.25) is 0 Å². The van der Waals surface area contributed by atoms with Gasteiger partial charge in [0, 0.05) is 16.7 Å². The third kappa shape index (κ3) is 4.88. The summed E-state index contributed by atoms with van der Waals surface area (Å²) in [4.78, 5) is 14.9. The van der Waals surface area contributed by atoms with Crippen LogP contribution in [0.3, 0.4) is 0 Å². The average molecular weight is 358 g/mol. The van der Waals surface area contributed by atoms with Crippen molar-refractivity contribution in [2.75, 3.05) is 12.4 Å². The fourth-order valence-electron chi connectivity index (χ4n) is 3.27. The Bertz CT molecular complexity index is 742. The van der Waals surface area contributed by atoms with Gasteiger partial charge in [-0.2, -0.15) is 0 Å². The van der Waals surface area contributed by atoms with Crippen molar-refractivity contribution in [1.82, 2.24) is 0 Å². The summed E-state index contributed by atoms with van der Waals surface area (Å²) in [6.07, 6.45) is 0.853. The quantitative estimate of drug-likeness (QED) is 0.523. The lowest BCUT2D eigenvalue weighted by Crippen LogP contribution is -2.22. The number of ether oxygens (including phenoxy) is 1. The maximum atomic E-state index is 12.4. The molecule has 25 heavy (non-hydrogen) atoms. The van der Waals surface area contributed by atoms with Crippen LogP contribution in [0.2, 0.25) is 0 Å². The summed E-state index contributed by atoms with van der Waals surface area (Å²) in [7, 11) is -0.311. The Labute approximate surface area is 155 Å². The third-order valence-electron chi connectivity index (χ3n) is 4.18. The number of hydrogen-bond donors (Lipinski definition) is 0. The zero-order chi connectivity index (χ0) is 18.6. The highest BCUT2D eigenvalue weighted by Crippen LogP contribution is 2.32. The lowest BCUT2D eigenvalue weighted by molar-refractivity contribution is -0.140. The molecule has 0 fully saturated rings. The lowest BCUT2D eigenvalue weighted by atomic mass is 10.1. The van der Waals surface area contributed by atoms with E-state index in [-0.39, 0.29) is 16.9 Å². The summed E-state index contributed by atoms with van der Waals surface area (Å²) < 4.78 is 5.40. The first-order valence-electron chi connectivity index (χ1n) is 8.85. The second-order valence-electron chi connectivity index (χ2n) is 6.75. The van der Waals surface area contributed by atoms with E-state index in [9.17, 15) is 4.79 Å². The van der Waals surface area contributed by atoms with Gasteiger partial charge in [-0.05, 0) is 47.1 Å². The normalized spacial score (nSPS) is 12.1. The monoisotopic (exact) mass is 357 g/mol. The first kappa shape index (κ1) is 19.6. The molecule has 0 aliphatic rings. The molecule has 2 rings (SSSR count). The molecule has 0 aromatic heterocycles. The Morgan fingerprint density at radius 2 is 1.52 bits per heavy atom. The number of rotatable bonds is 6. The molecule has 0 radical (unpaired) electrons. The van der Waals surface area contributed by atoms with Crippen molar-refractivity contribution in [3.05, 3.63) is 58.1 Å². The molecule has 0 aliphatic heterocycles. The second kappa shape index (κ2) is 8.57. The van der Waals surface area contributed by atoms with Gasteiger partial charge in [0.1, 0.15) is 0 Å². The Balaban J connectivity index is 2.51.